The van der Waals surface area contributed by atoms with Gasteiger partial charge >= 0.3 is 12.0 Å². The number of amides is 2. The van der Waals surface area contributed by atoms with Crippen LogP contribution < -0.4 is 10.6 Å². The maximum atomic E-state index is 11.8. The minimum Gasteiger partial charge on any atom is -0.480 e. The second-order valence-electron chi connectivity index (χ2n) is 6.05. The van der Waals surface area contributed by atoms with Crippen LogP contribution in [0.25, 0.3) is 0 Å². The summed E-state index contributed by atoms with van der Waals surface area (Å²) in [6.45, 7) is 10.0. The number of nitrogens with one attached hydrogen (secondary N) is 2. The van der Waals surface area contributed by atoms with E-state index in [1.165, 1.54) is 0 Å². The van der Waals surface area contributed by atoms with E-state index >= 15 is 0 Å². The molecule has 0 rings (SSSR count). The van der Waals surface area contributed by atoms with Gasteiger partial charge in [0.05, 0.1) is 0 Å². The Bertz CT molecular complexity index is 305. The summed E-state index contributed by atoms with van der Waals surface area (Å²) in [5.41, 5.74) is 0. The molecule has 0 bridgehead atoms. The largest absolute Gasteiger partial charge is 0.480 e. The Morgan fingerprint density at radius 3 is 2.10 bits per heavy atom. The van der Waals surface area contributed by atoms with E-state index in [0.29, 0.717) is 12.3 Å². The fraction of sp³-hybridized carbons (Fsp3) is 0.867. The molecule has 2 amide bonds. The van der Waals surface area contributed by atoms with E-state index in [2.05, 4.69) is 24.5 Å². The number of rotatable bonds is 9. The Balaban J connectivity index is 4.15. The van der Waals surface area contributed by atoms with Gasteiger partial charge in [0.15, 0.2) is 0 Å². The maximum absolute atomic E-state index is 11.8. The van der Waals surface area contributed by atoms with E-state index < -0.39 is 18.0 Å². The van der Waals surface area contributed by atoms with Crippen molar-refractivity contribution in [3.8, 4) is 0 Å². The van der Waals surface area contributed by atoms with Crippen molar-refractivity contribution < 1.29 is 14.7 Å². The fourth-order valence-corrected chi connectivity index (χ4v) is 1.99. The predicted molar refractivity (Wildman–Crippen MR) is 80.7 cm³/mol. The second-order valence-corrected chi connectivity index (χ2v) is 6.05. The molecule has 0 fully saturated rings. The Morgan fingerprint density at radius 1 is 1.05 bits per heavy atom. The number of aliphatic carboxylic acids is 1. The van der Waals surface area contributed by atoms with Crippen LogP contribution in [0.3, 0.4) is 0 Å². The van der Waals surface area contributed by atoms with Crippen LogP contribution in [0.4, 0.5) is 4.79 Å². The summed E-state index contributed by atoms with van der Waals surface area (Å²) in [6, 6.07) is -1.17. The van der Waals surface area contributed by atoms with Crippen molar-refractivity contribution in [3.63, 3.8) is 0 Å². The van der Waals surface area contributed by atoms with Crippen LogP contribution in [-0.2, 0) is 4.79 Å². The average molecular weight is 286 g/mol. The van der Waals surface area contributed by atoms with E-state index in [0.717, 1.165) is 19.3 Å². The van der Waals surface area contributed by atoms with Gasteiger partial charge in [-0.1, -0.05) is 47.0 Å². The van der Waals surface area contributed by atoms with Crippen molar-refractivity contribution in [3.05, 3.63) is 0 Å². The Morgan fingerprint density at radius 2 is 1.65 bits per heavy atom. The molecule has 0 saturated heterocycles. The molecule has 0 heterocycles. The zero-order chi connectivity index (χ0) is 15.7. The molecule has 0 aliphatic rings. The molecule has 5 heteroatoms. The van der Waals surface area contributed by atoms with Gasteiger partial charge in [-0.05, 0) is 25.2 Å². The molecule has 0 aromatic carbocycles. The fourth-order valence-electron chi connectivity index (χ4n) is 1.99. The predicted octanol–water partition coefficient (Wildman–Crippen LogP) is 3.00. The molecule has 0 aliphatic carbocycles. The molecule has 0 aromatic rings. The molecule has 0 aliphatic heterocycles. The minimum atomic E-state index is -0.984. The van der Waals surface area contributed by atoms with E-state index in [4.69, 9.17) is 5.11 Å². The third kappa shape index (κ3) is 8.02. The Hall–Kier alpha value is -1.26. The Kier molecular flexibility index (Phi) is 9.01. The van der Waals surface area contributed by atoms with Crippen LogP contribution in [0, 0.1) is 11.8 Å². The first-order valence-electron chi connectivity index (χ1n) is 7.57. The van der Waals surface area contributed by atoms with Crippen LogP contribution >= 0.6 is 0 Å². The van der Waals surface area contributed by atoms with Gasteiger partial charge in [0.2, 0.25) is 0 Å². The molecular weight excluding hydrogens is 256 g/mol. The third-order valence-electron chi connectivity index (χ3n) is 3.56. The molecule has 3 N–H and O–H groups in total. The van der Waals surface area contributed by atoms with Gasteiger partial charge in [0.25, 0.3) is 0 Å². The lowest BCUT2D eigenvalue weighted by molar-refractivity contribution is -0.140. The van der Waals surface area contributed by atoms with E-state index in [1.807, 2.05) is 20.8 Å². The normalized spacial score (nSPS) is 15.5. The van der Waals surface area contributed by atoms with Crippen molar-refractivity contribution >= 4 is 12.0 Å². The SMILES string of the molecule is CC[C@H](C)[C@H](NC(=O)NC(C)CCCC(C)C)C(=O)O. The summed E-state index contributed by atoms with van der Waals surface area (Å²) < 4.78 is 0. The van der Waals surface area contributed by atoms with Crippen molar-refractivity contribution in [1.82, 2.24) is 10.6 Å². The summed E-state index contributed by atoms with van der Waals surface area (Å²) in [4.78, 5) is 22.9. The van der Waals surface area contributed by atoms with Gasteiger partial charge < -0.3 is 15.7 Å². The quantitative estimate of drug-likeness (QED) is 0.609. The number of hydrogen-bond donors (Lipinski definition) is 3. The van der Waals surface area contributed by atoms with Crippen LogP contribution in [0.5, 0.6) is 0 Å². The van der Waals surface area contributed by atoms with E-state index in [9.17, 15) is 9.59 Å². The number of carbonyl (C=O) groups is 2. The third-order valence-corrected chi connectivity index (χ3v) is 3.56. The monoisotopic (exact) mass is 286 g/mol. The highest BCUT2D eigenvalue weighted by Gasteiger charge is 2.25. The number of carboxylic acid groups (broad SMARTS) is 1. The van der Waals surface area contributed by atoms with Crippen molar-refractivity contribution in [2.24, 2.45) is 11.8 Å². The van der Waals surface area contributed by atoms with Crippen LogP contribution in [0.15, 0.2) is 0 Å². The molecule has 5 nitrogen and oxygen atoms in total. The second kappa shape index (κ2) is 9.61. The highest BCUT2D eigenvalue weighted by molar-refractivity contribution is 5.82. The van der Waals surface area contributed by atoms with Crippen molar-refractivity contribution in [1.29, 1.82) is 0 Å². The van der Waals surface area contributed by atoms with Crippen LogP contribution in [-0.4, -0.2) is 29.2 Å². The van der Waals surface area contributed by atoms with Crippen molar-refractivity contribution in [2.45, 2.75) is 72.4 Å². The minimum absolute atomic E-state index is 0.0557. The van der Waals surface area contributed by atoms with Gasteiger partial charge in [-0.25, -0.2) is 9.59 Å². The average Bonchev–Trinajstić information content (AvgIpc) is 2.34. The highest BCUT2D eigenvalue weighted by atomic mass is 16.4. The lowest BCUT2D eigenvalue weighted by Gasteiger charge is -2.22. The summed E-state index contributed by atoms with van der Waals surface area (Å²) in [7, 11) is 0. The first-order chi connectivity index (χ1) is 9.27. The maximum Gasteiger partial charge on any atom is 0.326 e. The smallest absolute Gasteiger partial charge is 0.326 e. The summed E-state index contributed by atoms with van der Waals surface area (Å²) >= 11 is 0. The molecule has 0 radical (unpaired) electrons. The van der Waals surface area contributed by atoms with E-state index in [1.54, 1.807) is 0 Å². The number of carbonyl (C=O) groups excluding carboxylic acids is 1. The standard InChI is InChI=1S/C15H30N2O3/c1-6-11(4)13(14(18)19)17-15(20)16-12(5)9-7-8-10(2)3/h10-13H,6-9H2,1-5H3,(H,18,19)(H2,16,17,20)/t11-,12?,13-/m0/s1. The zero-order valence-electron chi connectivity index (χ0n) is 13.4. The van der Waals surface area contributed by atoms with Gasteiger partial charge in [-0.2, -0.15) is 0 Å². The number of carboxylic acids is 1. The molecule has 0 spiro atoms. The van der Waals surface area contributed by atoms with Gasteiger partial charge in [0.1, 0.15) is 6.04 Å². The molecule has 3 atom stereocenters. The zero-order valence-corrected chi connectivity index (χ0v) is 13.4. The number of urea groups is 1. The molecule has 0 saturated carbocycles. The van der Waals surface area contributed by atoms with Crippen LogP contribution in [0.1, 0.15) is 60.3 Å². The molecule has 20 heavy (non-hydrogen) atoms. The van der Waals surface area contributed by atoms with Crippen LogP contribution in [0.2, 0.25) is 0 Å². The lowest BCUT2D eigenvalue weighted by atomic mass is 9.99. The first-order valence-corrected chi connectivity index (χ1v) is 7.57. The summed E-state index contributed by atoms with van der Waals surface area (Å²) in [6.07, 6.45) is 3.82. The molecule has 1 unspecified atom stereocenters. The topological polar surface area (TPSA) is 78.4 Å². The summed E-state index contributed by atoms with van der Waals surface area (Å²) in [5.74, 6) is -0.408. The van der Waals surface area contributed by atoms with Gasteiger partial charge in [0, 0.05) is 6.04 Å². The molecule has 118 valence electrons. The van der Waals surface area contributed by atoms with Crippen molar-refractivity contribution in [2.75, 3.05) is 0 Å². The first kappa shape index (κ1) is 18.7. The lowest BCUT2D eigenvalue weighted by Crippen LogP contribution is -2.50. The molecule has 0 aromatic heterocycles. The molecular formula is C15H30N2O3. The van der Waals surface area contributed by atoms with E-state index in [-0.39, 0.29) is 12.0 Å². The Labute approximate surface area is 122 Å². The van der Waals surface area contributed by atoms with Gasteiger partial charge in [-0.3, -0.25) is 0 Å². The number of hydrogen-bond acceptors (Lipinski definition) is 2. The highest BCUT2D eigenvalue weighted by Crippen LogP contribution is 2.09. The van der Waals surface area contributed by atoms with Gasteiger partial charge in [-0.15, -0.1) is 0 Å². The summed E-state index contributed by atoms with van der Waals surface area (Å²) in [5, 5.41) is 14.5.